The molecule has 3 unspecified atom stereocenters. The molecule has 0 aliphatic heterocycles. The van der Waals surface area contributed by atoms with E-state index in [9.17, 15) is 4.79 Å². The molecule has 3 nitrogen and oxygen atoms in total. The number of methoxy groups -OCH3 is 1. The number of fused-ring (bicyclic) bond motifs is 1. The van der Waals surface area contributed by atoms with E-state index < -0.39 is 0 Å². The van der Waals surface area contributed by atoms with Gasteiger partial charge in [-0.05, 0) is 62.5 Å². The van der Waals surface area contributed by atoms with Crippen LogP contribution >= 0.6 is 0 Å². The zero-order valence-electron chi connectivity index (χ0n) is 14.4. The molecule has 3 rings (SSSR count). The Balaban J connectivity index is 1.64. The standard InChI is InChI=1S/C21H27NO2/c1-24-19-15-11-10-14-18(19)22-21(23)20-16-12-8-6-4-2-3-5-7-9-13-17(16)20/h4-7,10-11,14-17,20H,2-3,8-9,12-13H2,1H3,(H,22,23)/b6-4-,7-5+. The highest BCUT2D eigenvalue weighted by Gasteiger charge is 2.52. The van der Waals surface area contributed by atoms with Gasteiger partial charge in [-0.1, -0.05) is 36.4 Å². The van der Waals surface area contributed by atoms with Crippen LogP contribution in [0.3, 0.4) is 0 Å². The Kier molecular flexibility index (Phi) is 5.73. The molecule has 1 N–H and O–H groups in total. The van der Waals surface area contributed by atoms with Gasteiger partial charge in [0.25, 0.3) is 0 Å². The third kappa shape index (κ3) is 4.08. The predicted octanol–water partition coefficient (Wildman–Crippen LogP) is 4.96. The van der Waals surface area contributed by atoms with Crippen LogP contribution in [-0.2, 0) is 4.79 Å². The Morgan fingerprint density at radius 2 is 1.54 bits per heavy atom. The van der Waals surface area contributed by atoms with Crippen molar-refractivity contribution >= 4 is 11.6 Å². The molecule has 0 radical (unpaired) electrons. The summed E-state index contributed by atoms with van der Waals surface area (Å²) >= 11 is 0. The SMILES string of the molecule is COc1ccccc1NC(=O)C1C2CC/C=C\CC/C=C/CCC21. The minimum absolute atomic E-state index is 0.150. The minimum Gasteiger partial charge on any atom is -0.495 e. The Hall–Kier alpha value is -2.03. The predicted molar refractivity (Wildman–Crippen MR) is 98.1 cm³/mol. The molecular formula is C21H27NO2. The number of amides is 1. The maximum atomic E-state index is 12.7. The van der Waals surface area contributed by atoms with Gasteiger partial charge in [0.2, 0.25) is 5.91 Å². The van der Waals surface area contributed by atoms with Crippen molar-refractivity contribution in [2.75, 3.05) is 12.4 Å². The Bertz CT molecular complexity index is 596. The number of hydrogen-bond acceptors (Lipinski definition) is 2. The van der Waals surface area contributed by atoms with E-state index in [0.717, 1.165) is 50.0 Å². The lowest BCUT2D eigenvalue weighted by Gasteiger charge is -2.09. The summed E-state index contributed by atoms with van der Waals surface area (Å²) in [5.41, 5.74) is 0.770. The Morgan fingerprint density at radius 3 is 2.17 bits per heavy atom. The second-order valence-electron chi connectivity index (χ2n) is 6.72. The monoisotopic (exact) mass is 325 g/mol. The molecule has 1 aromatic carbocycles. The van der Waals surface area contributed by atoms with Gasteiger partial charge in [-0.3, -0.25) is 4.79 Å². The normalized spacial score (nSPS) is 29.3. The first kappa shape index (κ1) is 16.8. The minimum atomic E-state index is 0.150. The lowest BCUT2D eigenvalue weighted by molar-refractivity contribution is -0.117. The van der Waals surface area contributed by atoms with Crippen molar-refractivity contribution in [3.05, 3.63) is 48.6 Å². The van der Waals surface area contributed by atoms with Crippen LogP contribution in [0.15, 0.2) is 48.6 Å². The summed E-state index contributed by atoms with van der Waals surface area (Å²) in [4.78, 5) is 12.7. The van der Waals surface area contributed by atoms with Crippen LogP contribution in [0, 0.1) is 17.8 Å². The molecule has 1 saturated carbocycles. The molecule has 128 valence electrons. The van der Waals surface area contributed by atoms with Crippen molar-refractivity contribution in [1.29, 1.82) is 0 Å². The van der Waals surface area contributed by atoms with E-state index in [4.69, 9.17) is 4.74 Å². The number of hydrogen-bond donors (Lipinski definition) is 1. The average molecular weight is 325 g/mol. The number of para-hydroxylation sites is 2. The van der Waals surface area contributed by atoms with E-state index in [1.54, 1.807) is 7.11 Å². The van der Waals surface area contributed by atoms with Crippen LogP contribution < -0.4 is 10.1 Å². The van der Waals surface area contributed by atoms with Gasteiger partial charge in [0.05, 0.1) is 12.8 Å². The molecule has 1 amide bonds. The lowest BCUT2D eigenvalue weighted by atomic mass is 10.1. The Labute approximate surface area is 144 Å². The van der Waals surface area contributed by atoms with E-state index in [1.165, 1.54) is 0 Å². The molecule has 0 heterocycles. The van der Waals surface area contributed by atoms with E-state index >= 15 is 0 Å². The van der Waals surface area contributed by atoms with Gasteiger partial charge in [0.1, 0.15) is 5.75 Å². The van der Waals surface area contributed by atoms with Crippen molar-refractivity contribution in [2.24, 2.45) is 17.8 Å². The van der Waals surface area contributed by atoms with Gasteiger partial charge in [0.15, 0.2) is 0 Å². The van der Waals surface area contributed by atoms with Gasteiger partial charge in [-0.15, -0.1) is 0 Å². The van der Waals surface area contributed by atoms with Crippen LogP contribution in [0.5, 0.6) is 5.75 Å². The molecule has 0 bridgehead atoms. The average Bonchev–Trinajstić information content (AvgIpc) is 3.28. The first-order chi connectivity index (χ1) is 11.8. The molecule has 0 aromatic heterocycles. The molecular weight excluding hydrogens is 298 g/mol. The summed E-state index contributed by atoms with van der Waals surface area (Å²) in [7, 11) is 1.63. The van der Waals surface area contributed by atoms with Crippen LogP contribution in [0.2, 0.25) is 0 Å². The second-order valence-corrected chi connectivity index (χ2v) is 6.72. The van der Waals surface area contributed by atoms with Gasteiger partial charge >= 0.3 is 0 Å². The smallest absolute Gasteiger partial charge is 0.228 e. The number of carbonyl (C=O) groups excluding carboxylic acids is 1. The lowest BCUT2D eigenvalue weighted by Crippen LogP contribution is -2.16. The maximum Gasteiger partial charge on any atom is 0.228 e. The van der Waals surface area contributed by atoms with Gasteiger partial charge in [-0.25, -0.2) is 0 Å². The fourth-order valence-electron chi connectivity index (χ4n) is 3.83. The highest BCUT2D eigenvalue weighted by atomic mass is 16.5. The largest absolute Gasteiger partial charge is 0.495 e. The summed E-state index contributed by atoms with van der Waals surface area (Å²) in [5.74, 6) is 2.07. The molecule has 3 heteroatoms. The fourth-order valence-corrected chi connectivity index (χ4v) is 3.83. The van der Waals surface area contributed by atoms with E-state index in [1.807, 2.05) is 24.3 Å². The van der Waals surface area contributed by atoms with Crippen LogP contribution in [0.4, 0.5) is 5.69 Å². The molecule has 2 aliphatic rings. The van der Waals surface area contributed by atoms with Crippen molar-refractivity contribution in [3.8, 4) is 5.75 Å². The molecule has 1 aromatic rings. The number of benzene rings is 1. The van der Waals surface area contributed by atoms with Gasteiger partial charge in [-0.2, -0.15) is 0 Å². The number of anilines is 1. The van der Waals surface area contributed by atoms with Crippen molar-refractivity contribution < 1.29 is 9.53 Å². The molecule has 3 atom stereocenters. The number of ether oxygens (including phenoxy) is 1. The molecule has 0 saturated heterocycles. The third-order valence-corrected chi connectivity index (χ3v) is 5.17. The quantitative estimate of drug-likeness (QED) is 0.797. The van der Waals surface area contributed by atoms with Gasteiger partial charge in [0, 0.05) is 5.92 Å². The fraction of sp³-hybridized carbons (Fsp3) is 0.476. The van der Waals surface area contributed by atoms with E-state index in [-0.39, 0.29) is 11.8 Å². The van der Waals surface area contributed by atoms with Crippen LogP contribution in [0.1, 0.15) is 38.5 Å². The van der Waals surface area contributed by atoms with Crippen LogP contribution in [0.25, 0.3) is 0 Å². The van der Waals surface area contributed by atoms with Crippen molar-refractivity contribution in [2.45, 2.75) is 38.5 Å². The summed E-state index contributed by atoms with van der Waals surface area (Å²) in [6.45, 7) is 0. The van der Waals surface area contributed by atoms with Gasteiger partial charge < -0.3 is 10.1 Å². The number of carbonyl (C=O) groups is 1. The molecule has 2 aliphatic carbocycles. The molecule has 24 heavy (non-hydrogen) atoms. The second kappa shape index (κ2) is 8.18. The maximum absolute atomic E-state index is 12.7. The summed E-state index contributed by atoms with van der Waals surface area (Å²) in [6, 6.07) is 7.61. The van der Waals surface area contributed by atoms with Crippen LogP contribution in [-0.4, -0.2) is 13.0 Å². The number of rotatable bonds is 3. The van der Waals surface area contributed by atoms with E-state index in [0.29, 0.717) is 11.8 Å². The summed E-state index contributed by atoms with van der Waals surface area (Å²) in [6.07, 6.45) is 15.8. The third-order valence-electron chi connectivity index (χ3n) is 5.17. The first-order valence-electron chi connectivity index (χ1n) is 9.05. The van der Waals surface area contributed by atoms with Crippen molar-refractivity contribution in [3.63, 3.8) is 0 Å². The first-order valence-corrected chi connectivity index (χ1v) is 9.05. The Morgan fingerprint density at radius 1 is 0.958 bits per heavy atom. The number of allylic oxidation sites excluding steroid dienone is 4. The highest BCUT2D eigenvalue weighted by molar-refractivity contribution is 5.96. The van der Waals surface area contributed by atoms with Crippen molar-refractivity contribution in [1.82, 2.24) is 0 Å². The summed E-state index contributed by atoms with van der Waals surface area (Å²) in [5, 5.41) is 3.08. The zero-order chi connectivity index (χ0) is 16.8. The molecule has 1 fully saturated rings. The highest BCUT2D eigenvalue weighted by Crippen LogP contribution is 2.52. The zero-order valence-corrected chi connectivity index (χ0v) is 14.4. The number of nitrogens with one attached hydrogen (secondary N) is 1. The summed E-state index contributed by atoms with van der Waals surface area (Å²) < 4.78 is 5.33. The molecule has 0 spiro atoms. The van der Waals surface area contributed by atoms with E-state index in [2.05, 4.69) is 29.6 Å². The topological polar surface area (TPSA) is 38.3 Å².